The maximum Gasteiger partial charge on any atom is 0.168 e. The number of nitrogen functional groups attached to an aromatic ring is 1. The van der Waals surface area contributed by atoms with Gasteiger partial charge in [0.25, 0.3) is 0 Å². The van der Waals surface area contributed by atoms with E-state index in [0.717, 1.165) is 29.8 Å². The highest BCUT2D eigenvalue weighted by Gasteiger charge is 2.16. The number of nitrogens with zero attached hydrogens (tertiary/aromatic N) is 3. The molecule has 0 aliphatic rings. The Morgan fingerprint density at radius 2 is 1.95 bits per heavy atom. The van der Waals surface area contributed by atoms with Gasteiger partial charge >= 0.3 is 0 Å². The van der Waals surface area contributed by atoms with Crippen LogP contribution in [0.3, 0.4) is 0 Å². The lowest BCUT2D eigenvalue weighted by atomic mass is 10.1. The molecule has 2 rings (SSSR count). The third kappa shape index (κ3) is 2.59. The molecule has 1 aromatic heterocycles. The van der Waals surface area contributed by atoms with Gasteiger partial charge in [0.1, 0.15) is 17.5 Å². The minimum Gasteiger partial charge on any atom is -0.382 e. The average Bonchev–Trinajstić information content (AvgIpc) is 2.71. The van der Waals surface area contributed by atoms with Gasteiger partial charge in [-0.05, 0) is 43.5 Å². The van der Waals surface area contributed by atoms with Crippen LogP contribution in [0.25, 0.3) is 5.69 Å². The van der Waals surface area contributed by atoms with E-state index in [4.69, 9.17) is 5.73 Å². The number of benzene rings is 1. The number of hydrogen-bond donors (Lipinski definition) is 2. The SMILES string of the molecule is CCCNc1nn(-c2cc(C)cc(C)c2)c(N)c1C#N. The number of anilines is 2. The first-order valence-corrected chi connectivity index (χ1v) is 6.68. The van der Waals surface area contributed by atoms with Gasteiger partial charge in [-0.3, -0.25) is 0 Å². The highest BCUT2D eigenvalue weighted by molar-refractivity contribution is 5.66. The first-order chi connectivity index (χ1) is 9.56. The van der Waals surface area contributed by atoms with Crippen molar-refractivity contribution in [3.05, 3.63) is 34.9 Å². The zero-order valence-corrected chi connectivity index (χ0v) is 12.1. The molecular formula is C15H19N5. The molecule has 0 amide bonds. The molecular weight excluding hydrogens is 250 g/mol. The van der Waals surface area contributed by atoms with E-state index in [9.17, 15) is 5.26 Å². The summed E-state index contributed by atoms with van der Waals surface area (Å²) in [4.78, 5) is 0. The third-order valence-corrected chi connectivity index (χ3v) is 3.03. The Morgan fingerprint density at radius 3 is 2.50 bits per heavy atom. The first-order valence-electron chi connectivity index (χ1n) is 6.68. The monoisotopic (exact) mass is 269 g/mol. The van der Waals surface area contributed by atoms with Crippen LogP contribution in [0.1, 0.15) is 30.0 Å². The Bertz CT molecular complexity index is 643. The maximum atomic E-state index is 9.24. The summed E-state index contributed by atoms with van der Waals surface area (Å²) in [5.41, 5.74) is 9.60. The lowest BCUT2D eigenvalue weighted by Crippen LogP contribution is -2.04. The van der Waals surface area contributed by atoms with Gasteiger partial charge in [-0.15, -0.1) is 5.10 Å². The van der Waals surface area contributed by atoms with Gasteiger partial charge in [-0.2, -0.15) is 5.26 Å². The molecule has 2 aromatic rings. The fourth-order valence-electron chi connectivity index (χ4n) is 2.18. The number of nitrogens with two attached hydrogens (primary N) is 1. The second-order valence-electron chi connectivity index (χ2n) is 4.91. The molecule has 0 fully saturated rings. The lowest BCUT2D eigenvalue weighted by molar-refractivity contribution is 0.878. The minimum absolute atomic E-state index is 0.371. The molecule has 0 unspecified atom stereocenters. The molecule has 1 heterocycles. The molecule has 0 radical (unpaired) electrons. The van der Waals surface area contributed by atoms with Crippen molar-refractivity contribution in [2.45, 2.75) is 27.2 Å². The zero-order valence-electron chi connectivity index (χ0n) is 12.1. The van der Waals surface area contributed by atoms with Gasteiger partial charge in [0.2, 0.25) is 0 Å². The van der Waals surface area contributed by atoms with E-state index in [-0.39, 0.29) is 0 Å². The van der Waals surface area contributed by atoms with E-state index in [2.05, 4.69) is 29.5 Å². The summed E-state index contributed by atoms with van der Waals surface area (Å²) in [6.45, 7) is 6.87. The van der Waals surface area contributed by atoms with Gasteiger partial charge in [0.05, 0.1) is 5.69 Å². The number of nitrogens with one attached hydrogen (secondary N) is 1. The van der Waals surface area contributed by atoms with Crippen molar-refractivity contribution in [2.24, 2.45) is 0 Å². The molecule has 3 N–H and O–H groups in total. The van der Waals surface area contributed by atoms with Crippen LogP contribution in [0.15, 0.2) is 18.2 Å². The molecule has 5 heteroatoms. The van der Waals surface area contributed by atoms with Gasteiger partial charge in [-0.1, -0.05) is 13.0 Å². The number of nitriles is 1. The van der Waals surface area contributed by atoms with Gasteiger partial charge in [0, 0.05) is 6.54 Å². The second kappa shape index (κ2) is 5.66. The van der Waals surface area contributed by atoms with Crippen molar-refractivity contribution in [1.29, 1.82) is 5.26 Å². The predicted octanol–water partition coefficient (Wildman–Crippen LogP) is 2.76. The largest absolute Gasteiger partial charge is 0.382 e. The van der Waals surface area contributed by atoms with Gasteiger partial charge < -0.3 is 11.1 Å². The van der Waals surface area contributed by atoms with E-state index in [1.807, 2.05) is 26.0 Å². The van der Waals surface area contributed by atoms with Crippen molar-refractivity contribution < 1.29 is 0 Å². The molecule has 0 saturated carbocycles. The lowest BCUT2D eigenvalue weighted by Gasteiger charge is -2.06. The van der Waals surface area contributed by atoms with Crippen LogP contribution in [0.2, 0.25) is 0 Å². The van der Waals surface area contributed by atoms with Crippen LogP contribution in [0.5, 0.6) is 0 Å². The highest BCUT2D eigenvalue weighted by atomic mass is 15.3. The summed E-state index contributed by atoms with van der Waals surface area (Å²) < 4.78 is 1.62. The van der Waals surface area contributed by atoms with Gasteiger partial charge in [0.15, 0.2) is 5.82 Å². The summed E-state index contributed by atoms with van der Waals surface area (Å²) in [6.07, 6.45) is 0.960. The molecule has 0 atom stereocenters. The van der Waals surface area contributed by atoms with Crippen molar-refractivity contribution >= 4 is 11.6 Å². The predicted molar refractivity (Wildman–Crippen MR) is 80.9 cm³/mol. The summed E-state index contributed by atoms with van der Waals surface area (Å²) >= 11 is 0. The first kappa shape index (κ1) is 13.9. The molecule has 0 spiro atoms. The highest BCUT2D eigenvalue weighted by Crippen LogP contribution is 2.25. The Hall–Kier alpha value is -2.48. The average molecular weight is 269 g/mol. The molecule has 0 bridgehead atoms. The van der Waals surface area contributed by atoms with Crippen LogP contribution >= 0.6 is 0 Å². The van der Waals surface area contributed by atoms with E-state index < -0.39 is 0 Å². The summed E-state index contributed by atoms with van der Waals surface area (Å²) in [7, 11) is 0. The topological polar surface area (TPSA) is 79.7 Å². The molecule has 1 aromatic carbocycles. The fourth-order valence-corrected chi connectivity index (χ4v) is 2.18. The second-order valence-corrected chi connectivity index (χ2v) is 4.91. The molecule has 104 valence electrons. The molecule has 0 saturated heterocycles. The number of aromatic nitrogens is 2. The number of aryl methyl sites for hydroxylation is 2. The van der Waals surface area contributed by atoms with E-state index >= 15 is 0 Å². The Labute approximate surface area is 119 Å². The quantitative estimate of drug-likeness (QED) is 0.894. The van der Waals surface area contributed by atoms with E-state index in [1.165, 1.54) is 0 Å². The zero-order chi connectivity index (χ0) is 14.7. The molecule has 0 aliphatic heterocycles. The van der Waals surface area contributed by atoms with E-state index in [0.29, 0.717) is 17.2 Å². The number of hydrogen-bond acceptors (Lipinski definition) is 4. The van der Waals surface area contributed by atoms with E-state index in [1.54, 1.807) is 4.68 Å². The maximum absolute atomic E-state index is 9.24. The minimum atomic E-state index is 0.371. The van der Waals surface area contributed by atoms with Crippen molar-refractivity contribution in [3.63, 3.8) is 0 Å². The summed E-state index contributed by atoms with van der Waals surface area (Å²) in [5, 5.41) is 16.8. The normalized spacial score (nSPS) is 10.3. The van der Waals surface area contributed by atoms with Crippen molar-refractivity contribution in [1.82, 2.24) is 9.78 Å². The smallest absolute Gasteiger partial charge is 0.168 e. The van der Waals surface area contributed by atoms with Crippen LogP contribution in [-0.2, 0) is 0 Å². The Morgan fingerprint density at radius 1 is 1.30 bits per heavy atom. The molecule has 0 aliphatic carbocycles. The summed E-state index contributed by atoms with van der Waals surface area (Å²) in [5.74, 6) is 0.919. The van der Waals surface area contributed by atoms with Crippen molar-refractivity contribution in [2.75, 3.05) is 17.6 Å². The fraction of sp³-hybridized carbons (Fsp3) is 0.333. The van der Waals surface area contributed by atoms with Crippen LogP contribution in [0.4, 0.5) is 11.6 Å². The standard InChI is InChI=1S/C15H19N5/c1-4-5-18-15-13(9-16)14(17)20(19-15)12-7-10(2)6-11(3)8-12/h6-8H,4-5,17H2,1-3H3,(H,18,19). The van der Waals surface area contributed by atoms with Crippen LogP contribution in [0, 0.1) is 25.2 Å². The van der Waals surface area contributed by atoms with Gasteiger partial charge in [-0.25, -0.2) is 4.68 Å². The molecule has 5 nitrogen and oxygen atoms in total. The van der Waals surface area contributed by atoms with Crippen LogP contribution in [-0.4, -0.2) is 16.3 Å². The van der Waals surface area contributed by atoms with Crippen LogP contribution < -0.4 is 11.1 Å². The van der Waals surface area contributed by atoms with Crippen molar-refractivity contribution in [3.8, 4) is 11.8 Å². The Kier molecular flexibility index (Phi) is 3.94. The Balaban J connectivity index is 2.52. The molecule has 20 heavy (non-hydrogen) atoms. The summed E-state index contributed by atoms with van der Waals surface area (Å²) in [6, 6.07) is 8.21. The third-order valence-electron chi connectivity index (χ3n) is 3.03. The number of rotatable bonds is 4.